The lowest BCUT2D eigenvalue weighted by atomic mass is 9.84. The lowest BCUT2D eigenvalue weighted by Crippen LogP contribution is -1.97. The molecule has 3 nitrogen and oxygen atoms in total. The van der Waals surface area contributed by atoms with Crippen LogP contribution in [0.2, 0.25) is 0 Å². The van der Waals surface area contributed by atoms with E-state index in [-0.39, 0.29) is 0 Å². The van der Waals surface area contributed by atoms with Gasteiger partial charge < -0.3 is 4.57 Å². The van der Waals surface area contributed by atoms with Gasteiger partial charge in [0.05, 0.1) is 22.4 Å². The standard InChI is InChI=1S/C64H41N3/c1-3-17-46(18-4-1)62-55-27-10-9-26-54(55)61(56-39-38-44-16-7-8-23-51(44)63(56)62)47-36-32-43(33-37-47)42-30-34-45(35-31-42)57-41-58(66-64(65-57)48-19-5-2-6-20-48)49-21-15-22-50(40-49)67-59-28-13-11-24-52(59)53-25-12-14-29-60(53)67/h1-41H. The van der Waals surface area contributed by atoms with Crippen molar-refractivity contribution in [3.8, 4) is 73.0 Å². The van der Waals surface area contributed by atoms with Crippen molar-refractivity contribution >= 4 is 54.1 Å². The molecule has 13 aromatic rings. The van der Waals surface area contributed by atoms with Gasteiger partial charge in [-0.25, -0.2) is 9.97 Å². The topological polar surface area (TPSA) is 30.7 Å². The van der Waals surface area contributed by atoms with Crippen LogP contribution in [0.4, 0.5) is 0 Å². The van der Waals surface area contributed by atoms with Crippen LogP contribution in [0.1, 0.15) is 0 Å². The van der Waals surface area contributed by atoms with Gasteiger partial charge in [-0.2, -0.15) is 0 Å². The number of rotatable bonds is 7. The van der Waals surface area contributed by atoms with Gasteiger partial charge in [-0.3, -0.25) is 0 Å². The summed E-state index contributed by atoms with van der Waals surface area (Å²) >= 11 is 0. The fraction of sp³-hybridized carbons (Fsp3) is 0. The predicted molar refractivity (Wildman–Crippen MR) is 282 cm³/mol. The minimum atomic E-state index is 0.694. The first-order valence-corrected chi connectivity index (χ1v) is 22.9. The van der Waals surface area contributed by atoms with E-state index in [1.807, 2.05) is 18.2 Å². The Kier molecular flexibility index (Phi) is 9.17. The van der Waals surface area contributed by atoms with Gasteiger partial charge in [0.25, 0.3) is 0 Å². The molecule has 0 atom stereocenters. The minimum absolute atomic E-state index is 0.694. The lowest BCUT2D eigenvalue weighted by Gasteiger charge is -2.19. The highest BCUT2D eigenvalue weighted by atomic mass is 15.0. The maximum Gasteiger partial charge on any atom is 0.160 e. The number of para-hydroxylation sites is 2. The van der Waals surface area contributed by atoms with E-state index in [2.05, 4.69) is 235 Å². The smallest absolute Gasteiger partial charge is 0.160 e. The summed E-state index contributed by atoms with van der Waals surface area (Å²) in [6, 6.07) is 89.4. The highest BCUT2D eigenvalue weighted by molar-refractivity contribution is 6.28. The van der Waals surface area contributed by atoms with Gasteiger partial charge in [-0.05, 0) is 96.0 Å². The van der Waals surface area contributed by atoms with Crippen LogP contribution >= 0.6 is 0 Å². The fourth-order valence-corrected chi connectivity index (χ4v) is 10.3. The molecule has 0 fully saturated rings. The van der Waals surface area contributed by atoms with E-state index in [1.165, 1.54) is 76.4 Å². The summed E-state index contributed by atoms with van der Waals surface area (Å²) in [6.07, 6.45) is 0. The van der Waals surface area contributed by atoms with Crippen molar-refractivity contribution in [2.75, 3.05) is 0 Å². The summed E-state index contributed by atoms with van der Waals surface area (Å²) in [5, 5.41) is 10.0. The Morgan fingerprint density at radius 2 is 0.746 bits per heavy atom. The second kappa shape index (κ2) is 16.0. The molecule has 2 aromatic heterocycles. The van der Waals surface area contributed by atoms with E-state index in [0.29, 0.717) is 5.82 Å². The minimum Gasteiger partial charge on any atom is -0.309 e. The summed E-state index contributed by atoms with van der Waals surface area (Å²) in [5.74, 6) is 0.694. The Morgan fingerprint density at radius 1 is 0.269 bits per heavy atom. The van der Waals surface area contributed by atoms with E-state index in [1.54, 1.807) is 0 Å². The van der Waals surface area contributed by atoms with Crippen LogP contribution in [0.15, 0.2) is 249 Å². The molecule has 0 saturated heterocycles. The Morgan fingerprint density at radius 3 is 1.40 bits per heavy atom. The molecule has 0 saturated carbocycles. The van der Waals surface area contributed by atoms with Gasteiger partial charge in [0.1, 0.15) is 0 Å². The van der Waals surface area contributed by atoms with Crippen molar-refractivity contribution in [1.29, 1.82) is 0 Å². The molecule has 13 rings (SSSR count). The zero-order valence-electron chi connectivity index (χ0n) is 36.5. The highest BCUT2D eigenvalue weighted by Crippen LogP contribution is 2.46. The first-order valence-electron chi connectivity index (χ1n) is 22.9. The number of hydrogen-bond donors (Lipinski definition) is 0. The van der Waals surface area contributed by atoms with Gasteiger partial charge in [0, 0.05) is 33.2 Å². The predicted octanol–water partition coefficient (Wildman–Crippen LogP) is 17.0. The van der Waals surface area contributed by atoms with Gasteiger partial charge in [0.15, 0.2) is 5.82 Å². The third-order valence-corrected chi connectivity index (χ3v) is 13.4. The molecule has 2 heterocycles. The van der Waals surface area contributed by atoms with Crippen molar-refractivity contribution < 1.29 is 0 Å². The maximum atomic E-state index is 5.20. The molecule has 312 valence electrons. The monoisotopic (exact) mass is 851 g/mol. The maximum absolute atomic E-state index is 5.20. The summed E-state index contributed by atoms with van der Waals surface area (Å²) in [4.78, 5) is 10.4. The van der Waals surface area contributed by atoms with E-state index in [4.69, 9.17) is 9.97 Å². The van der Waals surface area contributed by atoms with Crippen molar-refractivity contribution in [1.82, 2.24) is 14.5 Å². The van der Waals surface area contributed by atoms with E-state index in [0.717, 1.165) is 44.9 Å². The molecule has 3 heteroatoms. The quantitative estimate of drug-likeness (QED) is 0.118. The average molecular weight is 852 g/mol. The lowest BCUT2D eigenvalue weighted by molar-refractivity contribution is 1.16. The van der Waals surface area contributed by atoms with Crippen LogP contribution in [0.3, 0.4) is 0 Å². The fourth-order valence-electron chi connectivity index (χ4n) is 10.3. The van der Waals surface area contributed by atoms with Gasteiger partial charge in [0.2, 0.25) is 0 Å². The normalized spacial score (nSPS) is 11.6. The molecule has 0 amide bonds. The molecule has 0 unspecified atom stereocenters. The molecule has 0 aliphatic carbocycles. The van der Waals surface area contributed by atoms with Crippen molar-refractivity contribution in [3.05, 3.63) is 249 Å². The van der Waals surface area contributed by atoms with Crippen LogP contribution < -0.4 is 0 Å². The number of aromatic nitrogens is 3. The van der Waals surface area contributed by atoms with Crippen molar-refractivity contribution in [2.24, 2.45) is 0 Å². The molecule has 0 aliphatic rings. The first kappa shape index (κ1) is 38.5. The Bertz CT molecular complexity index is 3950. The Balaban J connectivity index is 0.885. The zero-order valence-corrected chi connectivity index (χ0v) is 36.5. The molecule has 0 radical (unpaired) electrons. The van der Waals surface area contributed by atoms with Gasteiger partial charge >= 0.3 is 0 Å². The summed E-state index contributed by atoms with van der Waals surface area (Å²) in [5.41, 5.74) is 15.5. The van der Waals surface area contributed by atoms with E-state index in [9.17, 15) is 0 Å². The zero-order chi connectivity index (χ0) is 44.3. The van der Waals surface area contributed by atoms with Crippen LogP contribution in [-0.4, -0.2) is 14.5 Å². The summed E-state index contributed by atoms with van der Waals surface area (Å²) in [7, 11) is 0. The third kappa shape index (κ3) is 6.59. The van der Waals surface area contributed by atoms with Crippen LogP contribution in [0, 0.1) is 0 Å². The molecule has 11 aromatic carbocycles. The number of hydrogen-bond acceptors (Lipinski definition) is 2. The van der Waals surface area contributed by atoms with E-state index >= 15 is 0 Å². The first-order chi connectivity index (χ1) is 33.2. The second-order valence-corrected chi connectivity index (χ2v) is 17.3. The van der Waals surface area contributed by atoms with Crippen LogP contribution in [0.5, 0.6) is 0 Å². The average Bonchev–Trinajstić information content (AvgIpc) is 3.75. The Hall–Kier alpha value is -8.92. The molecule has 0 spiro atoms. The SMILES string of the molecule is c1ccc(-c2nc(-c3ccc(-c4ccc(-c5c6ccccc6c(-c6ccccc6)c6c5ccc5ccccc56)cc4)cc3)cc(-c3cccc(-n4c5ccccc5c5ccccc54)c3)n2)cc1. The van der Waals surface area contributed by atoms with Gasteiger partial charge in [-0.1, -0.05) is 218 Å². The van der Waals surface area contributed by atoms with Gasteiger partial charge in [-0.15, -0.1) is 0 Å². The van der Waals surface area contributed by atoms with Crippen LogP contribution in [0.25, 0.3) is 127 Å². The Labute approximate surface area is 388 Å². The number of nitrogens with zero attached hydrogens (tertiary/aromatic N) is 3. The molecular formula is C64H41N3. The van der Waals surface area contributed by atoms with E-state index < -0.39 is 0 Å². The van der Waals surface area contributed by atoms with Crippen molar-refractivity contribution in [3.63, 3.8) is 0 Å². The third-order valence-electron chi connectivity index (χ3n) is 13.4. The molecule has 0 N–H and O–H groups in total. The van der Waals surface area contributed by atoms with Crippen LogP contribution in [-0.2, 0) is 0 Å². The molecule has 0 bridgehead atoms. The highest BCUT2D eigenvalue weighted by Gasteiger charge is 2.19. The molecular weight excluding hydrogens is 811 g/mol. The second-order valence-electron chi connectivity index (χ2n) is 17.3. The number of fused-ring (bicyclic) bond motifs is 7. The summed E-state index contributed by atoms with van der Waals surface area (Å²) in [6.45, 7) is 0. The summed E-state index contributed by atoms with van der Waals surface area (Å²) < 4.78 is 2.35. The van der Waals surface area contributed by atoms with Crippen molar-refractivity contribution in [2.45, 2.75) is 0 Å². The number of benzene rings is 11. The molecule has 67 heavy (non-hydrogen) atoms. The molecule has 0 aliphatic heterocycles. The largest absolute Gasteiger partial charge is 0.309 e.